The van der Waals surface area contributed by atoms with E-state index in [1.54, 1.807) is 0 Å². The van der Waals surface area contributed by atoms with Crippen LogP contribution in [0, 0.1) is 0 Å². The van der Waals surface area contributed by atoms with Gasteiger partial charge in [-0.1, -0.05) is 0 Å². The highest BCUT2D eigenvalue weighted by Crippen LogP contribution is 2.18. The van der Waals surface area contributed by atoms with E-state index in [1.165, 1.54) is 32.4 Å². The smallest absolute Gasteiger partial charge is 0.337 e. The van der Waals surface area contributed by atoms with Crippen molar-refractivity contribution in [3.63, 3.8) is 0 Å². The number of methoxy groups -OCH3 is 2. The monoisotopic (exact) mass is 379 g/mol. The molecule has 3 N–H and O–H groups in total. The van der Waals surface area contributed by atoms with Gasteiger partial charge in [0.25, 0.3) is 0 Å². The fourth-order valence-electron chi connectivity index (χ4n) is 2.89. The summed E-state index contributed by atoms with van der Waals surface area (Å²) >= 11 is 0. The highest BCUT2D eigenvalue weighted by atomic mass is 16.5. The minimum atomic E-state index is -0.676. The molecule has 0 aromatic heterocycles. The van der Waals surface area contributed by atoms with Crippen molar-refractivity contribution in [3.05, 3.63) is 29.3 Å². The predicted molar refractivity (Wildman–Crippen MR) is 97.8 cm³/mol. The summed E-state index contributed by atoms with van der Waals surface area (Å²) in [6, 6.07) is 3.39. The number of hydrogen-bond acceptors (Lipinski definition) is 7. The number of aliphatic hydroxyl groups is 1. The first-order valence-electron chi connectivity index (χ1n) is 8.56. The molecule has 27 heavy (non-hydrogen) atoms. The van der Waals surface area contributed by atoms with E-state index in [4.69, 9.17) is 0 Å². The van der Waals surface area contributed by atoms with E-state index in [1.807, 2.05) is 13.8 Å². The van der Waals surface area contributed by atoms with Crippen LogP contribution in [0.25, 0.3) is 0 Å². The number of esters is 2. The van der Waals surface area contributed by atoms with Crippen molar-refractivity contribution in [1.82, 2.24) is 10.2 Å². The number of β-amino-alcohol motifs (C(OH)–C–C–N with tert-alkyl or cyclic N) is 1. The molecule has 148 valence electrons. The first kappa shape index (κ1) is 20.7. The number of nitrogens with zero attached hydrogens (tertiary/aromatic N) is 1. The standard InChI is InChI=1S/C18H25N3O6/c1-10(2)21-8-14(15(22)9-21)20-18(25)19-13-6-11(16(23)26-3)5-12(7-13)17(24)27-4/h5-7,10,14-15,22H,8-9H2,1-4H3,(H2,19,20,25)/t14-,15-/m1/s1. The zero-order valence-corrected chi connectivity index (χ0v) is 15.8. The maximum absolute atomic E-state index is 12.3. The summed E-state index contributed by atoms with van der Waals surface area (Å²) < 4.78 is 9.33. The molecule has 1 aromatic rings. The minimum absolute atomic E-state index is 0.0996. The van der Waals surface area contributed by atoms with Crippen molar-refractivity contribution in [3.8, 4) is 0 Å². The predicted octanol–water partition coefficient (Wildman–Crippen LogP) is 0.835. The van der Waals surface area contributed by atoms with E-state index < -0.39 is 30.1 Å². The van der Waals surface area contributed by atoms with E-state index in [0.29, 0.717) is 13.1 Å². The van der Waals surface area contributed by atoms with Crippen LogP contribution in [0.15, 0.2) is 18.2 Å². The number of urea groups is 1. The van der Waals surface area contributed by atoms with Crippen molar-refractivity contribution < 1.29 is 29.0 Å². The minimum Gasteiger partial charge on any atom is -0.465 e. The highest BCUT2D eigenvalue weighted by molar-refractivity contribution is 5.99. The normalized spacial score (nSPS) is 19.6. The van der Waals surface area contributed by atoms with Crippen molar-refractivity contribution in [2.45, 2.75) is 32.0 Å². The first-order valence-corrected chi connectivity index (χ1v) is 8.56. The maximum Gasteiger partial charge on any atom is 0.337 e. The van der Waals surface area contributed by atoms with Crippen LogP contribution in [0.3, 0.4) is 0 Å². The van der Waals surface area contributed by atoms with Crippen LogP contribution in [0.5, 0.6) is 0 Å². The number of aliphatic hydroxyl groups excluding tert-OH is 1. The Balaban J connectivity index is 2.12. The molecule has 0 radical (unpaired) electrons. The Morgan fingerprint density at radius 1 is 1.07 bits per heavy atom. The number of anilines is 1. The summed E-state index contributed by atoms with van der Waals surface area (Å²) in [5.74, 6) is -1.30. The van der Waals surface area contributed by atoms with Crippen molar-refractivity contribution in [1.29, 1.82) is 0 Å². The van der Waals surface area contributed by atoms with Crippen LogP contribution in [0.1, 0.15) is 34.6 Å². The molecule has 9 nitrogen and oxygen atoms in total. The van der Waals surface area contributed by atoms with E-state index in [9.17, 15) is 19.5 Å². The van der Waals surface area contributed by atoms with Crippen LogP contribution in [0.4, 0.5) is 10.5 Å². The number of ether oxygens (including phenoxy) is 2. The highest BCUT2D eigenvalue weighted by Gasteiger charge is 2.33. The molecule has 1 aromatic carbocycles. The quantitative estimate of drug-likeness (QED) is 0.649. The Hall–Kier alpha value is -2.65. The third kappa shape index (κ3) is 5.18. The molecule has 2 atom stereocenters. The third-order valence-electron chi connectivity index (χ3n) is 4.40. The number of amides is 2. The zero-order chi connectivity index (χ0) is 20.1. The van der Waals surface area contributed by atoms with E-state index in [-0.39, 0.29) is 22.9 Å². The lowest BCUT2D eigenvalue weighted by atomic mass is 10.1. The van der Waals surface area contributed by atoms with Gasteiger partial charge in [-0.3, -0.25) is 4.90 Å². The van der Waals surface area contributed by atoms with Gasteiger partial charge in [-0.15, -0.1) is 0 Å². The van der Waals surface area contributed by atoms with E-state index in [0.717, 1.165) is 0 Å². The summed E-state index contributed by atoms with van der Waals surface area (Å²) in [6.45, 7) is 5.04. The molecule has 2 rings (SSSR count). The van der Waals surface area contributed by atoms with E-state index in [2.05, 4.69) is 25.0 Å². The largest absolute Gasteiger partial charge is 0.465 e. The lowest BCUT2D eigenvalue weighted by Gasteiger charge is -2.20. The number of benzene rings is 1. The number of rotatable bonds is 5. The van der Waals surface area contributed by atoms with Gasteiger partial charge < -0.3 is 25.2 Å². The molecule has 0 saturated carbocycles. The van der Waals surface area contributed by atoms with Crippen molar-refractivity contribution in [2.75, 3.05) is 32.6 Å². The summed E-state index contributed by atoms with van der Waals surface area (Å²) in [5.41, 5.74) is 0.425. The topological polar surface area (TPSA) is 117 Å². The fourth-order valence-corrected chi connectivity index (χ4v) is 2.89. The van der Waals surface area contributed by atoms with Gasteiger partial charge >= 0.3 is 18.0 Å². The van der Waals surface area contributed by atoms with Crippen LogP contribution in [-0.2, 0) is 9.47 Å². The summed E-state index contributed by atoms with van der Waals surface area (Å²) in [7, 11) is 2.43. The Kier molecular flexibility index (Phi) is 6.75. The van der Waals surface area contributed by atoms with Crippen LogP contribution >= 0.6 is 0 Å². The average molecular weight is 379 g/mol. The van der Waals surface area contributed by atoms with Gasteiger partial charge in [0.1, 0.15) is 0 Å². The van der Waals surface area contributed by atoms with Crippen molar-refractivity contribution >= 4 is 23.7 Å². The second kappa shape index (κ2) is 8.83. The summed E-state index contributed by atoms with van der Waals surface area (Å²) in [6.07, 6.45) is -0.676. The van der Waals surface area contributed by atoms with Crippen LogP contribution in [-0.4, -0.2) is 73.5 Å². The Labute approximate surface area is 157 Å². The number of likely N-dealkylation sites (tertiary alicyclic amines) is 1. The second-order valence-corrected chi connectivity index (χ2v) is 6.60. The molecule has 9 heteroatoms. The zero-order valence-electron chi connectivity index (χ0n) is 15.8. The first-order chi connectivity index (χ1) is 12.7. The molecule has 1 saturated heterocycles. The molecule has 1 aliphatic rings. The molecule has 2 amide bonds. The average Bonchev–Trinajstić information content (AvgIpc) is 3.00. The molecule has 0 unspecified atom stereocenters. The molecule has 1 aliphatic heterocycles. The second-order valence-electron chi connectivity index (χ2n) is 6.60. The molecule has 0 aliphatic carbocycles. The SMILES string of the molecule is COC(=O)c1cc(NC(=O)N[C@@H]2CN(C(C)C)C[C@H]2O)cc(C(=O)OC)c1. The summed E-state index contributed by atoms with van der Waals surface area (Å²) in [4.78, 5) is 38.0. The lowest BCUT2D eigenvalue weighted by molar-refractivity contribution is 0.0599. The molecule has 0 spiro atoms. The Morgan fingerprint density at radius 2 is 1.63 bits per heavy atom. The number of carbonyl (C=O) groups is 3. The molecular formula is C18H25N3O6. The Bertz CT molecular complexity index is 687. The van der Waals surface area contributed by atoms with Crippen LogP contribution < -0.4 is 10.6 Å². The van der Waals surface area contributed by atoms with Crippen LogP contribution in [0.2, 0.25) is 0 Å². The van der Waals surface area contributed by atoms with Crippen molar-refractivity contribution in [2.24, 2.45) is 0 Å². The molecule has 1 fully saturated rings. The van der Waals surface area contributed by atoms with Gasteiger partial charge in [-0.2, -0.15) is 0 Å². The number of carbonyl (C=O) groups excluding carboxylic acids is 3. The van der Waals surface area contributed by atoms with Gasteiger partial charge in [0.2, 0.25) is 0 Å². The molecule has 0 bridgehead atoms. The lowest BCUT2D eigenvalue weighted by Crippen LogP contribution is -2.45. The van der Waals surface area contributed by atoms with Gasteiger partial charge in [0.15, 0.2) is 0 Å². The molecule has 1 heterocycles. The number of hydrogen-bond donors (Lipinski definition) is 3. The van der Waals surface area contributed by atoms with Gasteiger partial charge in [-0.25, -0.2) is 14.4 Å². The maximum atomic E-state index is 12.3. The van der Waals surface area contributed by atoms with Gasteiger partial charge in [-0.05, 0) is 32.0 Å². The molecular weight excluding hydrogens is 354 g/mol. The van der Waals surface area contributed by atoms with Gasteiger partial charge in [0, 0.05) is 24.8 Å². The van der Waals surface area contributed by atoms with Gasteiger partial charge in [0.05, 0.1) is 37.5 Å². The summed E-state index contributed by atoms with van der Waals surface area (Å²) in [5, 5.41) is 15.4. The number of nitrogens with one attached hydrogen (secondary N) is 2. The van der Waals surface area contributed by atoms with E-state index >= 15 is 0 Å². The Morgan fingerprint density at radius 3 is 2.07 bits per heavy atom. The fraction of sp³-hybridized carbons (Fsp3) is 0.500. The third-order valence-corrected chi connectivity index (χ3v) is 4.40.